The SMILES string of the molecule is Cc1ccc(C(C)NC(=O)N2CCCCC2C(=O)O)s1. The van der Waals surface area contributed by atoms with Gasteiger partial charge in [0.25, 0.3) is 0 Å². The summed E-state index contributed by atoms with van der Waals surface area (Å²) in [4.78, 5) is 27.2. The highest BCUT2D eigenvalue weighted by Gasteiger charge is 2.32. The lowest BCUT2D eigenvalue weighted by Gasteiger charge is -2.33. The minimum atomic E-state index is -0.917. The van der Waals surface area contributed by atoms with Crippen LogP contribution in [0.2, 0.25) is 0 Å². The second kappa shape index (κ2) is 6.26. The fourth-order valence-corrected chi connectivity index (χ4v) is 3.34. The van der Waals surface area contributed by atoms with Crippen molar-refractivity contribution in [2.24, 2.45) is 0 Å². The number of carbonyl (C=O) groups excluding carboxylic acids is 1. The maximum atomic E-state index is 12.3. The van der Waals surface area contributed by atoms with Gasteiger partial charge in [0, 0.05) is 16.3 Å². The largest absolute Gasteiger partial charge is 0.480 e. The maximum Gasteiger partial charge on any atom is 0.326 e. The van der Waals surface area contributed by atoms with Crippen molar-refractivity contribution in [3.8, 4) is 0 Å². The lowest BCUT2D eigenvalue weighted by molar-refractivity contribution is -0.143. The highest BCUT2D eigenvalue weighted by atomic mass is 32.1. The number of nitrogens with zero attached hydrogens (tertiary/aromatic N) is 1. The number of hydrogen-bond acceptors (Lipinski definition) is 3. The number of piperidine rings is 1. The Morgan fingerprint density at radius 3 is 2.80 bits per heavy atom. The second-order valence-corrected chi connectivity index (χ2v) is 6.48. The number of likely N-dealkylation sites (tertiary alicyclic amines) is 1. The van der Waals surface area contributed by atoms with Crippen molar-refractivity contribution < 1.29 is 14.7 Å². The molecule has 0 radical (unpaired) electrons. The van der Waals surface area contributed by atoms with Gasteiger partial charge in [0.15, 0.2) is 0 Å². The molecule has 2 heterocycles. The molecule has 1 aliphatic rings. The molecule has 0 aromatic carbocycles. The van der Waals surface area contributed by atoms with Gasteiger partial charge in [-0.05, 0) is 45.2 Å². The Kier molecular flexibility index (Phi) is 4.65. The Hall–Kier alpha value is -1.56. The van der Waals surface area contributed by atoms with Gasteiger partial charge in [-0.25, -0.2) is 9.59 Å². The third-order valence-electron chi connectivity index (χ3n) is 3.58. The van der Waals surface area contributed by atoms with Gasteiger partial charge in [-0.15, -0.1) is 11.3 Å². The molecule has 1 aromatic rings. The Morgan fingerprint density at radius 2 is 2.20 bits per heavy atom. The molecular formula is C14H20N2O3S. The van der Waals surface area contributed by atoms with Gasteiger partial charge in [-0.1, -0.05) is 0 Å². The van der Waals surface area contributed by atoms with E-state index < -0.39 is 12.0 Å². The molecule has 6 heteroatoms. The summed E-state index contributed by atoms with van der Waals surface area (Å²) in [5.41, 5.74) is 0. The summed E-state index contributed by atoms with van der Waals surface area (Å²) in [5, 5.41) is 12.1. The minimum absolute atomic E-state index is 0.0995. The van der Waals surface area contributed by atoms with E-state index in [-0.39, 0.29) is 12.1 Å². The Labute approximate surface area is 122 Å². The van der Waals surface area contributed by atoms with Gasteiger partial charge in [0.05, 0.1) is 6.04 Å². The van der Waals surface area contributed by atoms with Gasteiger partial charge in [-0.3, -0.25) is 0 Å². The smallest absolute Gasteiger partial charge is 0.326 e. The van der Waals surface area contributed by atoms with Crippen molar-refractivity contribution in [2.75, 3.05) is 6.54 Å². The molecule has 2 atom stereocenters. The van der Waals surface area contributed by atoms with Crippen molar-refractivity contribution in [3.63, 3.8) is 0 Å². The fraction of sp³-hybridized carbons (Fsp3) is 0.571. The van der Waals surface area contributed by atoms with Crippen molar-refractivity contribution in [1.82, 2.24) is 10.2 Å². The first kappa shape index (κ1) is 14.8. The Bertz CT molecular complexity index is 500. The highest BCUT2D eigenvalue weighted by Crippen LogP contribution is 2.23. The minimum Gasteiger partial charge on any atom is -0.480 e. The third kappa shape index (κ3) is 3.30. The van der Waals surface area contributed by atoms with Crippen LogP contribution in [-0.4, -0.2) is 34.6 Å². The van der Waals surface area contributed by atoms with Gasteiger partial charge < -0.3 is 15.3 Å². The average molecular weight is 296 g/mol. The zero-order valence-electron chi connectivity index (χ0n) is 11.8. The molecule has 110 valence electrons. The molecule has 5 nitrogen and oxygen atoms in total. The molecule has 2 N–H and O–H groups in total. The molecule has 1 aliphatic heterocycles. The van der Waals surface area contributed by atoms with E-state index in [1.807, 2.05) is 26.0 Å². The van der Waals surface area contributed by atoms with E-state index in [1.165, 1.54) is 9.78 Å². The van der Waals surface area contributed by atoms with Crippen molar-refractivity contribution in [1.29, 1.82) is 0 Å². The predicted octanol–water partition coefficient (Wildman–Crippen LogP) is 2.77. The van der Waals surface area contributed by atoms with E-state index in [2.05, 4.69) is 5.32 Å². The van der Waals surface area contributed by atoms with Crippen LogP contribution in [0.5, 0.6) is 0 Å². The van der Waals surface area contributed by atoms with Crippen molar-refractivity contribution in [3.05, 3.63) is 21.9 Å². The van der Waals surface area contributed by atoms with E-state index in [9.17, 15) is 14.7 Å². The number of carbonyl (C=O) groups is 2. The molecule has 0 aliphatic carbocycles. The van der Waals surface area contributed by atoms with Crippen LogP contribution in [-0.2, 0) is 4.79 Å². The lowest BCUT2D eigenvalue weighted by atomic mass is 10.0. The zero-order valence-corrected chi connectivity index (χ0v) is 12.6. The van der Waals surface area contributed by atoms with Crippen LogP contribution in [0.1, 0.15) is 42.0 Å². The quantitative estimate of drug-likeness (QED) is 0.901. The van der Waals surface area contributed by atoms with Crippen LogP contribution in [0, 0.1) is 6.92 Å². The standard InChI is InChI=1S/C14H20N2O3S/c1-9-6-7-12(20-9)10(2)15-14(19)16-8-4-3-5-11(16)13(17)18/h6-7,10-11H,3-5,8H2,1-2H3,(H,15,19)(H,17,18). The summed E-state index contributed by atoms with van der Waals surface area (Å²) in [5.74, 6) is -0.917. The maximum absolute atomic E-state index is 12.3. The van der Waals surface area contributed by atoms with Crippen LogP contribution in [0.4, 0.5) is 4.79 Å². The van der Waals surface area contributed by atoms with Gasteiger partial charge in [0.2, 0.25) is 0 Å². The number of carboxylic acids is 1. The molecule has 1 aromatic heterocycles. The van der Waals surface area contributed by atoms with Crippen LogP contribution in [0.25, 0.3) is 0 Å². The summed E-state index contributed by atoms with van der Waals surface area (Å²) >= 11 is 1.64. The summed E-state index contributed by atoms with van der Waals surface area (Å²) < 4.78 is 0. The average Bonchev–Trinajstić information content (AvgIpc) is 2.85. The number of aryl methyl sites for hydroxylation is 1. The van der Waals surface area contributed by atoms with Crippen LogP contribution >= 0.6 is 11.3 Å². The number of urea groups is 1. The first-order chi connectivity index (χ1) is 9.49. The second-order valence-electron chi connectivity index (χ2n) is 5.16. The number of carboxylic acid groups (broad SMARTS) is 1. The molecule has 20 heavy (non-hydrogen) atoms. The van der Waals surface area contributed by atoms with Crippen LogP contribution in [0.3, 0.4) is 0 Å². The number of amides is 2. The number of hydrogen-bond donors (Lipinski definition) is 2. The molecule has 0 spiro atoms. The molecule has 0 saturated carbocycles. The fourth-order valence-electron chi connectivity index (χ4n) is 2.46. The molecule has 1 fully saturated rings. The zero-order chi connectivity index (χ0) is 14.7. The normalized spacial score (nSPS) is 20.5. The van der Waals surface area contributed by atoms with Gasteiger partial charge >= 0.3 is 12.0 Å². The number of aliphatic carboxylic acids is 1. The van der Waals surface area contributed by atoms with E-state index in [0.29, 0.717) is 13.0 Å². The van der Waals surface area contributed by atoms with E-state index in [0.717, 1.165) is 17.7 Å². The molecular weight excluding hydrogens is 276 g/mol. The third-order valence-corrected chi connectivity index (χ3v) is 4.76. The molecule has 2 unspecified atom stereocenters. The predicted molar refractivity (Wildman–Crippen MR) is 78.0 cm³/mol. The number of rotatable bonds is 3. The molecule has 2 rings (SSSR count). The van der Waals surface area contributed by atoms with E-state index in [1.54, 1.807) is 11.3 Å². The van der Waals surface area contributed by atoms with Gasteiger partial charge in [-0.2, -0.15) is 0 Å². The lowest BCUT2D eigenvalue weighted by Crippen LogP contribution is -2.52. The summed E-state index contributed by atoms with van der Waals surface area (Å²) in [6.45, 7) is 4.45. The van der Waals surface area contributed by atoms with Gasteiger partial charge in [0.1, 0.15) is 6.04 Å². The van der Waals surface area contributed by atoms with Crippen molar-refractivity contribution >= 4 is 23.3 Å². The molecule has 0 bridgehead atoms. The number of thiophene rings is 1. The van der Waals surface area contributed by atoms with Crippen molar-refractivity contribution in [2.45, 2.75) is 45.2 Å². The van der Waals surface area contributed by atoms with E-state index >= 15 is 0 Å². The van der Waals surface area contributed by atoms with Crippen LogP contribution in [0.15, 0.2) is 12.1 Å². The van der Waals surface area contributed by atoms with E-state index in [4.69, 9.17) is 0 Å². The summed E-state index contributed by atoms with van der Waals surface area (Å²) in [6, 6.07) is 2.94. The topological polar surface area (TPSA) is 69.6 Å². The first-order valence-corrected chi connectivity index (χ1v) is 7.67. The van der Waals surface area contributed by atoms with Crippen LogP contribution < -0.4 is 5.32 Å². The highest BCUT2D eigenvalue weighted by molar-refractivity contribution is 7.12. The number of nitrogens with one attached hydrogen (secondary N) is 1. The Balaban J connectivity index is 2.01. The summed E-state index contributed by atoms with van der Waals surface area (Å²) in [6.07, 6.45) is 2.26. The molecule has 2 amide bonds. The first-order valence-electron chi connectivity index (χ1n) is 6.85. The Morgan fingerprint density at radius 1 is 1.45 bits per heavy atom. The summed E-state index contributed by atoms with van der Waals surface area (Å²) in [7, 11) is 0. The molecule has 1 saturated heterocycles. The monoisotopic (exact) mass is 296 g/mol.